The van der Waals surface area contributed by atoms with Gasteiger partial charge in [-0.15, -0.1) is 0 Å². The highest BCUT2D eigenvalue weighted by atomic mass is 16.2. The zero-order valence-electron chi connectivity index (χ0n) is 14.1. The van der Waals surface area contributed by atoms with Crippen molar-refractivity contribution in [2.24, 2.45) is 0 Å². The van der Waals surface area contributed by atoms with Gasteiger partial charge in [-0.25, -0.2) is 0 Å². The van der Waals surface area contributed by atoms with E-state index in [1.165, 1.54) is 13.8 Å². The van der Waals surface area contributed by atoms with Crippen molar-refractivity contribution in [1.29, 1.82) is 0 Å². The van der Waals surface area contributed by atoms with Gasteiger partial charge in [0.2, 0.25) is 5.91 Å². The van der Waals surface area contributed by atoms with Gasteiger partial charge >= 0.3 is 0 Å². The van der Waals surface area contributed by atoms with Crippen LogP contribution in [-0.2, 0) is 4.79 Å². The third-order valence-electron chi connectivity index (χ3n) is 3.33. The van der Waals surface area contributed by atoms with Crippen molar-refractivity contribution in [3.8, 4) is 11.8 Å². The standard InChI is InChI=1S/C20H18N2O3/c1-14(23)17-7-5-16(6-8-17)4-3-13-21-20(25)18-9-11-19(12-10-18)22-15(2)24/h5-12H,13H2,1-2H3,(H,21,25)(H,22,24). The van der Waals surface area contributed by atoms with E-state index in [4.69, 9.17) is 0 Å². The van der Waals surface area contributed by atoms with Gasteiger partial charge in [0, 0.05) is 29.3 Å². The molecule has 0 heterocycles. The molecule has 0 unspecified atom stereocenters. The van der Waals surface area contributed by atoms with Crippen molar-refractivity contribution >= 4 is 23.3 Å². The summed E-state index contributed by atoms with van der Waals surface area (Å²) in [7, 11) is 0. The Hall–Kier alpha value is -3.39. The molecule has 0 fully saturated rings. The van der Waals surface area contributed by atoms with E-state index < -0.39 is 0 Å². The molecule has 0 aromatic heterocycles. The van der Waals surface area contributed by atoms with Crippen LogP contribution >= 0.6 is 0 Å². The number of anilines is 1. The van der Waals surface area contributed by atoms with Crippen LogP contribution in [0.1, 0.15) is 40.1 Å². The fourth-order valence-electron chi connectivity index (χ4n) is 2.07. The number of hydrogen-bond donors (Lipinski definition) is 2. The maximum absolute atomic E-state index is 12.0. The Labute approximate surface area is 146 Å². The Morgan fingerprint density at radius 3 is 2.04 bits per heavy atom. The highest BCUT2D eigenvalue weighted by Crippen LogP contribution is 2.09. The van der Waals surface area contributed by atoms with Gasteiger partial charge in [-0.1, -0.05) is 24.0 Å². The van der Waals surface area contributed by atoms with Crippen LogP contribution in [-0.4, -0.2) is 24.1 Å². The number of benzene rings is 2. The van der Waals surface area contributed by atoms with Crippen LogP contribution < -0.4 is 10.6 Å². The quantitative estimate of drug-likeness (QED) is 0.667. The third-order valence-corrected chi connectivity index (χ3v) is 3.33. The number of nitrogens with one attached hydrogen (secondary N) is 2. The van der Waals surface area contributed by atoms with E-state index in [9.17, 15) is 14.4 Å². The van der Waals surface area contributed by atoms with Crippen molar-refractivity contribution in [1.82, 2.24) is 5.32 Å². The zero-order chi connectivity index (χ0) is 18.2. The molecule has 0 aliphatic heterocycles. The number of carbonyl (C=O) groups is 3. The minimum Gasteiger partial charge on any atom is -0.341 e. The van der Waals surface area contributed by atoms with Gasteiger partial charge in [0.05, 0.1) is 6.54 Å². The number of rotatable bonds is 4. The maximum atomic E-state index is 12.0. The highest BCUT2D eigenvalue weighted by Gasteiger charge is 2.04. The lowest BCUT2D eigenvalue weighted by Gasteiger charge is -2.04. The van der Waals surface area contributed by atoms with Crippen LogP contribution in [0.2, 0.25) is 0 Å². The number of carbonyl (C=O) groups excluding carboxylic acids is 3. The SMILES string of the molecule is CC(=O)Nc1ccc(C(=O)NCC#Cc2ccc(C(C)=O)cc2)cc1. The first kappa shape index (κ1) is 18.0. The maximum Gasteiger partial charge on any atom is 0.252 e. The summed E-state index contributed by atoms with van der Waals surface area (Å²) in [6.07, 6.45) is 0. The van der Waals surface area contributed by atoms with E-state index in [1.807, 2.05) is 0 Å². The first-order valence-corrected chi connectivity index (χ1v) is 7.71. The smallest absolute Gasteiger partial charge is 0.252 e. The van der Waals surface area contributed by atoms with Crippen molar-refractivity contribution in [3.05, 3.63) is 65.2 Å². The molecule has 0 atom stereocenters. The van der Waals surface area contributed by atoms with Gasteiger partial charge in [0.1, 0.15) is 0 Å². The molecule has 25 heavy (non-hydrogen) atoms. The minimum atomic E-state index is -0.240. The third kappa shape index (κ3) is 5.63. The molecule has 0 aliphatic carbocycles. The normalized spacial score (nSPS) is 9.52. The number of amides is 2. The van der Waals surface area contributed by atoms with E-state index >= 15 is 0 Å². The summed E-state index contributed by atoms with van der Waals surface area (Å²) in [6.45, 7) is 3.15. The molecular weight excluding hydrogens is 316 g/mol. The Kier molecular flexibility index (Phi) is 6.08. The molecule has 0 saturated heterocycles. The fraction of sp³-hybridized carbons (Fsp3) is 0.150. The first-order valence-electron chi connectivity index (χ1n) is 7.71. The average molecular weight is 334 g/mol. The van der Waals surface area contributed by atoms with E-state index in [0.717, 1.165) is 5.56 Å². The molecule has 2 N–H and O–H groups in total. The Bertz CT molecular complexity index is 841. The molecule has 0 aliphatic rings. The average Bonchev–Trinajstić information content (AvgIpc) is 2.59. The van der Waals surface area contributed by atoms with Crippen LogP contribution in [0.15, 0.2) is 48.5 Å². The van der Waals surface area contributed by atoms with Gasteiger partial charge in [0.15, 0.2) is 5.78 Å². The Morgan fingerprint density at radius 1 is 0.880 bits per heavy atom. The van der Waals surface area contributed by atoms with Gasteiger partial charge < -0.3 is 10.6 Å². The topological polar surface area (TPSA) is 75.3 Å². The zero-order valence-corrected chi connectivity index (χ0v) is 14.1. The summed E-state index contributed by atoms with van der Waals surface area (Å²) < 4.78 is 0. The number of hydrogen-bond acceptors (Lipinski definition) is 3. The summed E-state index contributed by atoms with van der Waals surface area (Å²) in [5.41, 5.74) is 2.54. The number of ketones is 1. The van der Waals surface area contributed by atoms with Crippen LogP contribution in [0, 0.1) is 11.8 Å². The van der Waals surface area contributed by atoms with Crippen molar-refractivity contribution < 1.29 is 14.4 Å². The molecule has 0 bridgehead atoms. The van der Waals surface area contributed by atoms with E-state index in [-0.39, 0.29) is 24.1 Å². The molecule has 5 heteroatoms. The van der Waals surface area contributed by atoms with E-state index in [1.54, 1.807) is 48.5 Å². The Balaban J connectivity index is 1.88. The molecule has 2 aromatic carbocycles. The molecule has 0 radical (unpaired) electrons. The lowest BCUT2D eigenvalue weighted by atomic mass is 10.1. The summed E-state index contributed by atoms with van der Waals surface area (Å²) in [4.78, 5) is 34.2. The minimum absolute atomic E-state index is 0.0105. The van der Waals surface area contributed by atoms with Crippen molar-refractivity contribution in [2.45, 2.75) is 13.8 Å². The first-order chi connectivity index (χ1) is 12.0. The Morgan fingerprint density at radius 2 is 1.48 bits per heavy atom. The lowest BCUT2D eigenvalue weighted by molar-refractivity contribution is -0.114. The second-order valence-electron chi connectivity index (χ2n) is 5.38. The second-order valence-corrected chi connectivity index (χ2v) is 5.38. The lowest BCUT2D eigenvalue weighted by Crippen LogP contribution is -2.23. The molecule has 0 spiro atoms. The van der Waals surface area contributed by atoms with Gasteiger partial charge in [-0.05, 0) is 43.3 Å². The summed E-state index contributed by atoms with van der Waals surface area (Å²) in [6, 6.07) is 13.6. The van der Waals surface area contributed by atoms with E-state index in [2.05, 4.69) is 22.5 Å². The van der Waals surface area contributed by atoms with Crippen LogP contribution in [0.3, 0.4) is 0 Å². The predicted molar refractivity (Wildman–Crippen MR) is 96.4 cm³/mol. The molecular formula is C20H18N2O3. The van der Waals surface area contributed by atoms with Gasteiger partial charge in [-0.3, -0.25) is 14.4 Å². The molecule has 126 valence electrons. The van der Waals surface area contributed by atoms with Crippen LogP contribution in [0.4, 0.5) is 5.69 Å². The van der Waals surface area contributed by atoms with E-state index in [0.29, 0.717) is 16.8 Å². The highest BCUT2D eigenvalue weighted by molar-refractivity contribution is 5.95. The van der Waals surface area contributed by atoms with Crippen LogP contribution in [0.5, 0.6) is 0 Å². The predicted octanol–water partition coefficient (Wildman–Crippen LogP) is 2.63. The molecule has 5 nitrogen and oxygen atoms in total. The van der Waals surface area contributed by atoms with Gasteiger partial charge in [-0.2, -0.15) is 0 Å². The van der Waals surface area contributed by atoms with Gasteiger partial charge in [0.25, 0.3) is 5.91 Å². The van der Waals surface area contributed by atoms with Crippen molar-refractivity contribution in [3.63, 3.8) is 0 Å². The second kappa shape index (κ2) is 8.46. The van der Waals surface area contributed by atoms with Crippen molar-refractivity contribution in [2.75, 3.05) is 11.9 Å². The number of Topliss-reactive ketones (excluding diaryl/α,β-unsaturated/α-hetero) is 1. The summed E-state index contributed by atoms with van der Waals surface area (Å²) in [5, 5.41) is 5.34. The fourth-order valence-corrected chi connectivity index (χ4v) is 2.07. The molecule has 2 aromatic rings. The van der Waals surface area contributed by atoms with Crippen LogP contribution in [0.25, 0.3) is 0 Å². The summed E-state index contributed by atoms with van der Waals surface area (Å²) >= 11 is 0. The molecule has 2 amide bonds. The summed E-state index contributed by atoms with van der Waals surface area (Å²) in [5.74, 6) is 5.40. The largest absolute Gasteiger partial charge is 0.341 e. The molecule has 0 saturated carbocycles. The molecule has 2 rings (SSSR count). The monoisotopic (exact) mass is 334 g/mol.